The van der Waals surface area contributed by atoms with Crippen molar-refractivity contribution in [3.8, 4) is 0 Å². The average molecular weight is 1740 g/mol. The van der Waals surface area contributed by atoms with Crippen LogP contribution in [0.2, 0.25) is 0 Å². The lowest BCUT2D eigenvalue weighted by Gasteiger charge is -2.50. The maximum Gasteiger partial charge on any atom is 0.321 e. The van der Waals surface area contributed by atoms with E-state index in [0.29, 0.717) is 16.6 Å². The number of rotatable bonds is 17. The minimum absolute atomic E-state index is 0.252. The predicted molar refractivity (Wildman–Crippen MR) is 376 cm³/mol. The summed E-state index contributed by atoms with van der Waals surface area (Å²) < 4.78 is 162. The van der Waals surface area contributed by atoms with E-state index in [2.05, 4.69) is 4.72 Å². The summed E-state index contributed by atoms with van der Waals surface area (Å²) in [6.07, 6.45) is -88.4. The van der Waals surface area contributed by atoms with Gasteiger partial charge in [-0.3, -0.25) is 8.98 Å². The Kier molecular flexibility index (Phi) is 30.6. The maximum absolute atomic E-state index is 13.9. The Labute approximate surface area is 670 Å². The summed E-state index contributed by atoms with van der Waals surface area (Å²) in [6.45, 7) is -8.90. The molecular formula is C69H100N2O45S2. The number of nitrogens with one attached hydrogen (secondary N) is 1. The molecule has 30 aliphatic heterocycles. The number of aliphatic hydroxyl groups excluding tert-OH is 22. The second-order valence-corrected chi connectivity index (χ2v) is 33.0. The van der Waals surface area contributed by atoms with Crippen molar-refractivity contribution in [1.82, 2.24) is 4.72 Å². The van der Waals surface area contributed by atoms with Crippen molar-refractivity contribution in [2.24, 2.45) is 0 Å². The summed E-state index contributed by atoms with van der Waals surface area (Å²) in [6, 6.07) is 14.4. The van der Waals surface area contributed by atoms with Gasteiger partial charge in [-0.1, -0.05) is 42.0 Å². The van der Waals surface area contributed by atoms with Crippen molar-refractivity contribution in [1.29, 1.82) is 0 Å². The Bertz CT molecular complexity index is 3990. The quantitative estimate of drug-likeness (QED) is 0.0441. The second-order valence-electron chi connectivity index (χ2n) is 29.7. The molecule has 0 amide bonds. The highest BCUT2D eigenvalue weighted by Crippen LogP contribution is 2.41. The smallest absolute Gasteiger partial charge is 0.321 e. The van der Waals surface area contributed by atoms with Crippen LogP contribution in [-0.2, 0) is 110 Å². The molecule has 49 heteroatoms. The van der Waals surface area contributed by atoms with Crippen LogP contribution in [0.5, 0.6) is 0 Å². The largest absolute Gasteiger partial charge is 0.462 e. The zero-order valence-electron chi connectivity index (χ0n) is 62.7. The summed E-state index contributed by atoms with van der Waals surface area (Å²) in [7, 11) is -5.94. The van der Waals surface area contributed by atoms with Crippen molar-refractivity contribution in [3.63, 3.8) is 0 Å². The van der Waals surface area contributed by atoms with E-state index in [-0.39, 0.29) is 10.3 Å². The van der Waals surface area contributed by atoms with Gasteiger partial charge in [-0.15, -0.1) is 0 Å². The van der Waals surface area contributed by atoms with Crippen LogP contribution in [0.4, 0.5) is 5.69 Å². The topological polar surface area (TPSA) is 712 Å². The Hall–Kier alpha value is -4.51. The van der Waals surface area contributed by atoms with Crippen LogP contribution in [0.15, 0.2) is 70.5 Å². The molecule has 118 heavy (non-hydrogen) atoms. The zero-order valence-corrected chi connectivity index (χ0v) is 64.4. The first-order chi connectivity index (χ1) is 56.0. The number of esters is 1. The number of hydrogen-bond donors (Lipinski definition) is 23. The fourth-order valence-electron chi connectivity index (χ4n) is 15.2. The molecule has 47 nitrogen and oxygen atoms in total. The molecule has 0 aliphatic carbocycles. The third kappa shape index (κ3) is 19.2. The normalized spacial score (nSPS) is 44.5. The number of hydrogen-bond acceptors (Lipinski definition) is 46. The minimum atomic E-state index is -4.83. The van der Waals surface area contributed by atoms with Crippen LogP contribution in [0.25, 0.3) is 10.8 Å². The number of aryl methyl sites for hydroxylation is 1. The molecule has 23 N–H and O–H groups in total. The van der Waals surface area contributed by atoms with Gasteiger partial charge in [-0.2, -0.15) is 13.1 Å². The summed E-state index contributed by atoms with van der Waals surface area (Å²) >= 11 is 0. The number of nitrogens with zero attached hydrogens (tertiary/aromatic N) is 1. The molecule has 30 heterocycles. The van der Waals surface area contributed by atoms with E-state index >= 15 is 0 Å². The molecule has 0 radical (unpaired) electrons. The SMILES string of the molecule is Cc1ccc(S(=O)(=O)OC[C@H]2O[C@@H]3O[C@H]4[C@H](O)[C@@H](O)[C@@H](O[C@H]5[C@H](O)[C@@H](O)[C@@H](O[C@H]6[C@H](O)[C@@H](O)[C@@H](O[C@H]7[C@@H](O)[C@H](O)[C@@H](O[C@H]8[C@@H](O)[C@H](O)[C@@H](O[C@H]9[C@H](O)[C@@H](O)[C@@H](O[C@H]%10[C@@H](O)[C@H](O)[C@@H](O[C@H]2[C@H](O)[C@H]3O)O[C@@H]%10CO)O[C@@H]9COC(=O)CNS(=O)(=O)c2cccc3c(N(C)C)cccc23)O[C@@H]8CO)O[C@@H]7CO)O[C@@H]6CO)O[C@@H]5CO)O[C@@H]4CO)cc1. The van der Waals surface area contributed by atoms with Crippen molar-refractivity contribution in [2.45, 2.75) is 262 Å². The van der Waals surface area contributed by atoms with E-state index in [1.807, 2.05) is 0 Å². The van der Waals surface area contributed by atoms with Crippen LogP contribution < -0.4 is 9.62 Å². The molecule has 30 saturated heterocycles. The molecule has 0 unspecified atom stereocenters. The first-order valence-electron chi connectivity index (χ1n) is 37.3. The third-order valence-electron chi connectivity index (χ3n) is 21.7. The third-order valence-corrected chi connectivity index (χ3v) is 24.4. The van der Waals surface area contributed by atoms with Gasteiger partial charge in [-0.25, -0.2) is 8.42 Å². The Morgan fingerprint density at radius 3 is 0.898 bits per heavy atom. The first kappa shape index (κ1) is 92.7. The monoisotopic (exact) mass is 1740 g/mol. The van der Waals surface area contributed by atoms with Gasteiger partial charge in [-0.05, 0) is 31.2 Å². The van der Waals surface area contributed by atoms with Gasteiger partial charge in [0.15, 0.2) is 50.3 Å². The minimum Gasteiger partial charge on any atom is -0.462 e. The van der Waals surface area contributed by atoms with Crippen molar-refractivity contribution in [3.05, 3.63) is 66.2 Å². The lowest BCUT2D eigenvalue weighted by Crippen LogP contribution is -2.69. The van der Waals surface area contributed by atoms with E-state index in [1.165, 1.54) is 30.3 Å². The number of carbonyl (C=O) groups is 1. The van der Waals surface area contributed by atoms with Crippen LogP contribution in [0.1, 0.15) is 5.56 Å². The van der Waals surface area contributed by atoms with E-state index in [9.17, 15) is 134 Å². The van der Waals surface area contributed by atoms with Gasteiger partial charge in [0, 0.05) is 30.6 Å². The zero-order chi connectivity index (χ0) is 85.6. The van der Waals surface area contributed by atoms with Gasteiger partial charge < -0.3 is 198 Å². The van der Waals surface area contributed by atoms with Gasteiger partial charge >= 0.3 is 5.97 Å². The van der Waals surface area contributed by atoms with E-state index in [4.69, 9.17) is 84.7 Å². The molecule has 16 bridgehead atoms. The first-order valence-corrected chi connectivity index (χ1v) is 40.2. The highest BCUT2D eigenvalue weighted by molar-refractivity contribution is 7.89. The molecule has 40 atom stereocenters. The Morgan fingerprint density at radius 2 is 0.610 bits per heavy atom. The summed E-state index contributed by atoms with van der Waals surface area (Å²) in [5.74, 6) is -1.36. The standard InChI is InChI=1S/C69H100N2O45S2/c1-23-10-12-24(13-11-23)118(97,98)100-22-35-61-45(86)53(94)69(108-35)114-59-32(19-76)104-65(49(90)41(59)82)111-56-30(17-74)102-63(47(88)39(56)80)109-54-28(15-72)101-62(46(87)38(54)79)110-55-29(16-73)103-64(48(89)40(55)81)112-57-31(18-75)105-66(50(91)42(57)83)115-60-34(107-68(52(93)44(60)85)113-58-33(20-77)106-67(116-61)51(92)43(58)84)21-99-37(78)14-70-117(95,96)36-9-5-6-25-26(36)7-4-8-27(25)71(2)3/h4-13,28-35,38-70,72-77,79-94H,14-22H2,1-3H3/t28-,29-,30-,31-,32-,33-,34-,35-,38-,39-,40+,41-,42+,43+,44-,45-,46-,47-,48+,49-,50+,51+,52-,53-,54-,55-,56-,57-,58-,59-,60-,61-,62-,63-,64-,65-,66-,67-,68-,69-/m1/s1. The number of fused-ring (bicyclic) bond motifs is 1. The van der Waals surface area contributed by atoms with Crippen LogP contribution >= 0.6 is 0 Å². The summed E-state index contributed by atoms with van der Waals surface area (Å²) in [5.41, 5.74) is 1.25. The molecule has 0 saturated carbocycles. The Morgan fingerprint density at radius 1 is 0.347 bits per heavy atom. The number of benzene rings is 3. The molecule has 0 spiro atoms. The Balaban J connectivity index is 0.844. The fourth-order valence-corrected chi connectivity index (χ4v) is 17.3. The molecule has 33 rings (SSSR count). The van der Waals surface area contributed by atoms with Gasteiger partial charge in [0.2, 0.25) is 10.0 Å². The highest BCUT2D eigenvalue weighted by Gasteiger charge is 2.61. The van der Waals surface area contributed by atoms with Gasteiger partial charge in [0.25, 0.3) is 10.1 Å². The van der Waals surface area contributed by atoms with Gasteiger partial charge in [0.05, 0.1) is 56.0 Å². The average Bonchev–Trinajstić information content (AvgIpc) is 0.777. The van der Waals surface area contributed by atoms with Crippen molar-refractivity contribution >= 4 is 42.6 Å². The maximum atomic E-state index is 13.9. The molecular weight excluding hydrogens is 1640 g/mol. The molecule has 30 fully saturated rings. The van der Waals surface area contributed by atoms with E-state index < -0.39 is 336 Å². The summed E-state index contributed by atoms with van der Waals surface area (Å²) in [4.78, 5) is 14.8. The van der Waals surface area contributed by atoms with Gasteiger partial charge in [0.1, 0.15) is 208 Å². The van der Waals surface area contributed by atoms with Crippen molar-refractivity contribution < 1.29 is 219 Å². The molecule has 0 aromatic heterocycles. The number of sulfonamides is 1. The molecule has 668 valence electrons. The molecule has 3 aromatic rings. The number of aliphatic hydroxyl groups is 22. The number of anilines is 1. The predicted octanol–water partition coefficient (Wildman–Crippen LogP) is -13.9. The number of ether oxygens (including phenoxy) is 17. The molecule has 3 aromatic carbocycles. The van der Waals surface area contributed by atoms with Crippen LogP contribution in [0.3, 0.4) is 0 Å². The van der Waals surface area contributed by atoms with Crippen LogP contribution in [0, 0.1) is 6.92 Å². The lowest BCUT2D eigenvalue weighted by atomic mass is 9.94. The molecule has 30 aliphatic rings. The highest BCUT2D eigenvalue weighted by atomic mass is 32.2. The van der Waals surface area contributed by atoms with Crippen molar-refractivity contribution in [2.75, 3.05) is 78.4 Å². The summed E-state index contributed by atoms with van der Waals surface area (Å²) in [5, 5.41) is 253. The van der Waals surface area contributed by atoms with E-state index in [0.717, 1.165) is 12.1 Å². The van der Waals surface area contributed by atoms with Crippen LogP contribution in [-0.4, -0.2) is 454 Å². The fraction of sp³-hybridized carbons (Fsp3) is 0.754. The lowest BCUT2D eigenvalue weighted by molar-refractivity contribution is -0.404. The second kappa shape index (κ2) is 38.9. The number of carbonyl (C=O) groups excluding carboxylic acids is 1. The van der Waals surface area contributed by atoms with E-state index in [1.54, 1.807) is 44.1 Å².